The molecule has 0 aliphatic carbocycles. The minimum absolute atomic E-state index is 0.441. The molecule has 0 aliphatic rings. The number of ether oxygens (including phenoxy) is 1. The quantitative estimate of drug-likeness (QED) is 0.654. The monoisotopic (exact) mass is 181 g/mol. The summed E-state index contributed by atoms with van der Waals surface area (Å²) in [5, 5.41) is 0. The number of carbonyl (C=O) groups excluding carboxylic acids is 1. The van der Waals surface area contributed by atoms with Crippen LogP contribution in [-0.4, -0.2) is 25.5 Å². The summed E-state index contributed by atoms with van der Waals surface area (Å²) in [6, 6.07) is 0. The van der Waals surface area contributed by atoms with Gasteiger partial charge in [-0.3, -0.25) is 4.79 Å². The summed E-state index contributed by atoms with van der Waals surface area (Å²) in [7, 11) is 1.06. The van der Waals surface area contributed by atoms with Crippen LogP contribution in [0.5, 0.6) is 0 Å². The highest BCUT2D eigenvalue weighted by Crippen LogP contribution is 2.36. The van der Waals surface area contributed by atoms with E-state index < -0.39 is 23.9 Å². The van der Waals surface area contributed by atoms with Gasteiger partial charge < -0.3 is 10.5 Å². The summed E-state index contributed by atoms with van der Waals surface area (Å²) in [5.41, 5.74) is 3.16. The standard InChI is InChI=1S/C7H13F2NO2/c1-6(4-10,5(11)12-3)7(2,8)9/h4,10H2,1-3H3. The van der Waals surface area contributed by atoms with Crippen LogP contribution in [0, 0.1) is 5.41 Å². The second-order valence-corrected chi connectivity index (χ2v) is 2.92. The van der Waals surface area contributed by atoms with Crippen molar-refractivity contribution in [3.8, 4) is 0 Å². The Morgan fingerprint density at radius 2 is 1.92 bits per heavy atom. The van der Waals surface area contributed by atoms with Crippen LogP contribution in [0.4, 0.5) is 8.78 Å². The van der Waals surface area contributed by atoms with E-state index >= 15 is 0 Å². The molecule has 2 N–H and O–H groups in total. The van der Waals surface area contributed by atoms with Crippen LogP contribution in [0.2, 0.25) is 0 Å². The van der Waals surface area contributed by atoms with Crippen molar-refractivity contribution in [2.24, 2.45) is 11.1 Å². The highest BCUT2D eigenvalue weighted by Gasteiger charge is 2.52. The lowest BCUT2D eigenvalue weighted by atomic mass is 9.84. The molecule has 0 aromatic carbocycles. The maximum atomic E-state index is 12.8. The van der Waals surface area contributed by atoms with E-state index in [1.54, 1.807) is 0 Å². The zero-order valence-corrected chi connectivity index (χ0v) is 7.36. The fraction of sp³-hybridized carbons (Fsp3) is 0.857. The van der Waals surface area contributed by atoms with Gasteiger partial charge in [-0.1, -0.05) is 0 Å². The molecule has 1 unspecified atom stereocenters. The second kappa shape index (κ2) is 3.35. The van der Waals surface area contributed by atoms with Crippen molar-refractivity contribution in [1.29, 1.82) is 0 Å². The summed E-state index contributed by atoms with van der Waals surface area (Å²) in [6.45, 7) is 1.29. The molecule has 1 atom stereocenters. The third kappa shape index (κ3) is 1.72. The third-order valence-corrected chi connectivity index (χ3v) is 2.01. The fourth-order valence-corrected chi connectivity index (χ4v) is 0.667. The number of rotatable bonds is 3. The van der Waals surface area contributed by atoms with Gasteiger partial charge in [-0.2, -0.15) is 0 Å². The summed E-state index contributed by atoms with van der Waals surface area (Å²) in [6.07, 6.45) is 0. The van der Waals surface area contributed by atoms with E-state index in [0.29, 0.717) is 6.92 Å². The maximum absolute atomic E-state index is 12.8. The number of hydrogen-bond donors (Lipinski definition) is 1. The van der Waals surface area contributed by atoms with Crippen LogP contribution in [0.3, 0.4) is 0 Å². The highest BCUT2D eigenvalue weighted by atomic mass is 19.3. The zero-order chi connectivity index (χ0) is 9.99. The van der Waals surface area contributed by atoms with Gasteiger partial charge in [0.2, 0.25) is 0 Å². The lowest BCUT2D eigenvalue weighted by molar-refractivity contribution is -0.174. The van der Waals surface area contributed by atoms with Gasteiger partial charge in [0.15, 0.2) is 0 Å². The fourth-order valence-electron chi connectivity index (χ4n) is 0.667. The molecule has 0 amide bonds. The van der Waals surface area contributed by atoms with Gasteiger partial charge >= 0.3 is 5.97 Å². The van der Waals surface area contributed by atoms with E-state index in [9.17, 15) is 13.6 Å². The molecule has 0 spiro atoms. The Morgan fingerprint density at radius 1 is 1.50 bits per heavy atom. The van der Waals surface area contributed by atoms with Gasteiger partial charge in [-0.25, -0.2) is 8.78 Å². The average molecular weight is 181 g/mol. The molecular weight excluding hydrogens is 168 g/mol. The summed E-state index contributed by atoms with van der Waals surface area (Å²) < 4.78 is 29.9. The van der Waals surface area contributed by atoms with Gasteiger partial charge in [-0.15, -0.1) is 0 Å². The highest BCUT2D eigenvalue weighted by molar-refractivity contribution is 5.77. The number of esters is 1. The second-order valence-electron chi connectivity index (χ2n) is 2.92. The molecule has 3 nitrogen and oxygen atoms in total. The number of nitrogens with two attached hydrogens (primary N) is 1. The SMILES string of the molecule is COC(=O)C(C)(CN)C(C)(F)F. The first-order valence-corrected chi connectivity index (χ1v) is 3.46. The molecule has 0 aromatic rings. The molecule has 5 heteroatoms. The first-order valence-electron chi connectivity index (χ1n) is 3.46. The zero-order valence-electron chi connectivity index (χ0n) is 7.36. The van der Waals surface area contributed by atoms with Gasteiger partial charge in [-0.05, 0) is 6.92 Å². The van der Waals surface area contributed by atoms with Crippen molar-refractivity contribution >= 4 is 5.97 Å². The largest absolute Gasteiger partial charge is 0.468 e. The van der Waals surface area contributed by atoms with E-state index in [2.05, 4.69) is 4.74 Å². The Kier molecular flexibility index (Phi) is 3.15. The van der Waals surface area contributed by atoms with Crippen molar-refractivity contribution in [2.45, 2.75) is 19.8 Å². The first-order chi connectivity index (χ1) is 5.29. The van der Waals surface area contributed by atoms with E-state index in [4.69, 9.17) is 5.73 Å². The van der Waals surface area contributed by atoms with E-state index in [1.807, 2.05) is 0 Å². The van der Waals surface area contributed by atoms with Gasteiger partial charge in [0.1, 0.15) is 5.41 Å². The van der Waals surface area contributed by atoms with E-state index in [-0.39, 0.29) is 0 Å². The Hall–Kier alpha value is -0.710. The number of alkyl halides is 2. The maximum Gasteiger partial charge on any atom is 0.318 e. The Morgan fingerprint density at radius 3 is 2.00 bits per heavy atom. The van der Waals surface area contributed by atoms with Crippen LogP contribution in [-0.2, 0) is 9.53 Å². The summed E-state index contributed by atoms with van der Waals surface area (Å²) in [5.74, 6) is -4.16. The number of halogens is 2. The molecule has 0 fully saturated rings. The number of carbonyl (C=O) groups is 1. The first kappa shape index (κ1) is 11.3. The van der Waals surface area contributed by atoms with E-state index in [1.165, 1.54) is 0 Å². The lowest BCUT2D eigenvalue weighted by Crippen LogP contribution is -2.49. The molecule has 72 valence electrons. The molecule has 0 rings (SSSR count). The molecule has 0 aromatic heterocycles. The smallest absolute Gasteiger partial charge is 0.318 e. The van der Waals surface area contributed by atoms with Gasteiger partial charge in [0.05, 0.1) is 7.11 Å². The molecule has 0 bridgehead atoms. The van der Waals surface area contributed by atoms with Gasteiger partial charge in [0, 0.05) is 13.5 Å². The topological polar surface area (TPSA) is 52.3 Å². The average Bonchev–Trinajstić information content (AvgIpc) is 1.99. The molecule has 12 heavy (non-hydrogen) atoms. The van der Waals surface area contributed by atoms with Crippen LogP contribution in [0.15, 0.2) is 0 Å². The number of hydrogen-bond acceptors (Lipinski definition) is 3. The molecule has 0 heterocycles. The summed E-state index contributed by atoms with van der Waals surface area (Å²) >= 11 is 0. The van der Waals surface area contributed by atoms with Crippen LogP contribution in [0.1, 0.15) is 13.8 Å². The van der Waals surface area contributed by atoms with Crippen LogP contribution >= 0.6 is 0 Å². The Labute approximate surface area is 69.9 Å². The van der Waals surface area contributed by atoms with Crippen molar-refractivity contribution in [1.82, 2.24) is 0 Å². The summed E-state index contributed by atoms with van der Waals surface area (Å²) in [4.78, 5) is 10.9. The Bertz CT molecular complexity index is 179. The normalized spacial score (nSPS) is 16.8. The van der Waals surface area contributed by atoms with Crippen molar-refractivity contribution in [3.63, 3.8) is 0 Å². The van der Waals surface area contributed by atoms with Crippen LogP contribution in [0.25, 0.3) is 0 Å². The molecular formula is C7H13F2NO2. The van der Waals surface area contributed by atoms with Crippen molar-refractivity contribution in [3.05, 3.63) is 0 Å². The van der Waals surface area contributed by atoms with Crippen molar-refractivity contribution in [2.75, 3.05) is 13.7 Å². The predicted octanol–water partition coefficient (Wildman–Crippen LogP) is 0.780. The van der Waals surface area contributed by atoms with Crippen LogP contribution < -0.4 is 5.73 Å². The van der Waals surface area contributed by atoms with E-state index in [0.717, 1.165) is 14.0 Å². The number of methoxy groups -OCH3 is 1. The lowest BCUT2D eigenvalue weighted by Gasteiger charge is -2.30. The molecule has 0 radical (unpaired) electrons. The molecule has 0 aliphatic heterocycles. The third-order valence-electron chi connectivity index (χ3n) is 2.01. The molecule has 0 saturated carbocycles. The predicted molar refractivity (Wildman–Crippen MR) is 39.8 cm³/mol. The molecule has 0 saturated heterocycles. The minimum atomic E-state index is -3.17. The van der Waals surface area contributed by atoms with Gasteiger partial charge in [0.25, 0.3) is 5.92 Å². The van der Waals surface area contributed by atoms with Crippen molar-refractivity contribution < 1.29 is 18.3 Å². The Balaban J connectivity index is 4.80. The minimum Gasteiger partial charge on any atom is -0.468 e.